The van der Waals surface area contributed by atoms with Crippen LogP contribution in [0.3, 0.4) is 0 Å². The summed E-state index contributed by atoms with van der Waals surface area (Å²) < 4.78 is 0. The van der Waals surface area contributed by atoms with Gasteiger partial charge < -0.3 is 5.73 Å². The Morgan fingerprint density at radius 3 is 2.79 bits per heavy atom. The second kappa shape index (κ2) is 3.65. The molecule has 0 amide bonds. The molecule has 2 N–H and O–H groups in total. The maximum absolute atomic E-state index is 6.07. The smallest absolute Gasteiger partial charge is 0.145 e. The lowest BCUT2D eigenvalue weighted by Crippen LogP contribution is -2.17. The van der Waals surface area contributed by atoms with E-state index in [0.29, 0.717) is 5.92 Å². The largest absolute Gasteiger partial charge is 0.321 e. The van der Waals surface area contributed by atoms with Gasteiger partial charge in [-0.2, -0.15) is 0 Å². The van der Waals surface area contributed by atoms with E-state index in [-0.39, 0.29) is 6.04 Å². The van der Waals surface area contributed by atoms with Crippen molar-refractivity contribution >= 4 is 0 Å². The van der Waals surface area contributed by atoms with Gasteiger partial charge >= 0.3 is 0 Å². The van der Waals surface area contributed by atoms with Gasteiger partial charge in [0.15, 0.2) is 0 Å². The van der Waals surface area contributed by atoms with Crippen LogP contribution in [0.15, 0.2) is 6.07 Å². The molecular formula is C11H17N3. The summed E-state index contributed by atoms with van der Waals surface area (Å²) in [6.45, 7) is 4.11. The Balaban J connectivity index is 2.27. The van der Waals surface area contributed by atoms with Crippen LogP contribution in [0.4, 0.5) is 0 Å². The molecule has 2 rings (SSSR count). The summed E-state index contributed by atoms with van der Waals surface area (Å²) in [5.41, 5.74) is 8.20. The van der Waals surface area contributed by atoms with Gasteiger partial charge in [0.25, 0.3) is 0 Å². The third kappa shape index (κ3) is 1.93. The number of aryl methyl sites for hydroxylation is 2. The summed E-state index contributed by atoms with van der Waals surface area (Å²) in [6.07, 6.45) is 3.42. The standard InChI is InChI=1S/C11H17N3/c1-3-9-6-7(2)13-11(14-9)10(12)8-4-5-8/h6,8,10H,3-5,12H2,1-2H3. The predicted octanol–water partition coefficient (Wildman–Crippen LogP) is 1.76. The highest BCUT2D eigenvalue weighted by Gasteiger charge is 2.31. The number of rotatable bonds is 3. The molecule has 1 heterocycles. The lowest BCUT2D eigenvalue weighted by atomic mass is 10.1. The molecule has 0 aliphatic heterocycles. The average molecular weight is 191 g/mol. The summed E-state index contributed by atoms with van der Waals surface area (Å²) in [5.74, 6) is 1.46. The van der Waals surface area contributed by atoms with Crippen molar-refractivity contribution in [3.63, 3.8) is 0 Å². The van der Waals surface area contributed by atoms with Gasteiger partial charge in [0, 0.05) is 11.4 Å². The Morgan fingerprint density at radius 2 is 2.21 bits per heavy atom. The van der Waals surface area contributed by atoms with E-state index in [1.807, 2.05) is 13.0 Å². The molecule has 1 unspecified atom stereocenters. The van der Waals surface area contributed by atoms with Crippen LogP contribution in [-0.4, -0.2) is 9.97 Å². The molecule has 76 valence electrons. The van der Waals surface area contributed by atoms with E-state index in [9.17, 15) is 0 Å². The topological polar surface area (TPSA) is 51.8 Å². The first-order chi connectivity index (χ1) is 6.70. The van der Waals surface area contributed by atoms with Crippen LogP contribution in [-0.2, 0) is 6.42 Å². The number of hydrogen-bond acceptors (Lipinski definition) is 3. The van der Waals surface area contributed by atoms with Crippen molar-refractivity contribution in [3.8, 4) is 0 Å². The Labute approximate surface area is 84.8 Å². The lowest BCUT2D eigenvalue weighted by Gasteiger charge is -2.10. The van der Waals surface area contributed by atoms with Crippen molar-refractivity contribution < 1.29 is 0 Å². The first-order valence-electron chi connectivity index (χ1n) is 5.30. The van der Waals surface area contributed by atoms with Gasteiger partial charge in [-0.15, -0.1) is 0 Å². The molecule has 3 nitrogen and oxygen atoms in total. The molecule has 0 spiro atoms. The number of hydrogen-bond donors (Lipinski definition) is 1. The normalized spacial score (nSPS) is 18.2. The Bertz CT molecular complexity index is 331. The van der Waals surface area contributed by atoms with Crippen LogP contribution in [0.25, 0.3) is 0 Å². The molecule has 1 aliphatic carbocycles. The average Bonchev–Trinajstić information content (AvgIpc) is 2.99. The van der Waals surface area contributed by atoms with Crippen LogP contribution < -0.4 is 5.73 Å². The lowest BCUT2D eigenvalue weighted by molar-refractivity contribution is 0.587. The van der Waals surface area contributed by atoms with E-state index >= 15 is 0 Å². The van der Waals surface area contributed by atoms with Crippen molar-refractivity contribution in [2.24, 2.45) is 11.7 Å². The van der Waals surface area contributed by atoms with Gasteiger partial charge in [0.1, 0.15) is 5.82 Å². The zero-order valence-electron chi connectivity index (χ0n) is 8.83. The second-order valence-corrected chi connectivity index (χ2v) is 4.08. The molecule has 0 saturated heterocycles. The molecule has 0 aromatic carbocycles. The third-order valence-corrected chi connectivity index (χ3v) is 2.71. The fourth-order valence-corrected chi connectivity index (χ4v) is 1.65. The fraction of sp³-hybridized carbons (Fsp3) is 0.636. The summed E-state index contributed by atoms with van der Waals surface area (Å²) in [5, 5.41) is 0. The van der Waals surface area contributed by atoms with E-state index in [2.05, 4.69) is 16.9 Å². The summed E-state index contributed by atoms with van der Waals surface area (Å²) in [4.78, 5) is 8.88. The maximum atomic E-state index is 6.07. The molecule has 1 atom stereocenters. The monoisotopic (exact) mass is 191 g/mol. The van der Waals surface area contributed by atoms with Gasteiger partial charge in [-0.3, -0.25) is 0 Å². The minimum Gasteiger partial charge on any atom is -0.321 e. The predicted molar refractivity (Wildman–Crippen MR) is 55.8 cm³/mol. The number of nitrogens with two attached hydrogens (primary N) is 1. The number of aromatic nitrogens is 2. The van der Waals surface area contributed by atoms with Crippen LogP contribution in [0, 0.1) is 12.8 Å². The van der Waals surface area contributed by atoms with E-state index in [1.54, 1.807) is 0 Å². The van der Waals surface area contributed by atoms with Crippen LogP contribution in [0.1, 0.15) is 43.0 Å². The van der Waals surface area contributed by atoms with Gasteiger partial charge in [-0.1, -0.05) is 6.92 Å². The highest BCUT2D eigenvalue weighted by Crippen LogP contribution is 2.38. The van der Waals surface area contributed by atoms with E-state index in [4.69, 9.17) is 5.73 Å². The summed E-state index contributed by atoms with van der Waals surface area (Å²) >= 11 is 0. The molecule has 14 heavy (non-hydrogen) atoms. The second-order valence-electron chi connectivity index (χ2n) is 4.08. The van der Waals surface area contributed by atoms with Gasteiger partial charge in [0.2, 0.25) is 0 Å². The summed E-state index contributed by atoms with van der Waals surface area (Å²) in [6, 6.07) is 2.09. The van der Waals surface area contributed by atoms with E-state index < -0.39 is 0 Å². The van der Waals surface area contributed by atoms with Crippen LogP contribution in [0.2, 0.25) is 0 Å². The SMILES string of the molecule is CCc1cc(C)nc(C(N)C2CC2)n1. The number of nitrogens with zero attached hydrogens (tertiary/aromatic N) is 2. The Hall–Kier alpha value is -0.960. The Kier molecular flexibility index (Phi) is 2.50. The van der Waals surface area contributed by atoms with Crippen molar-refractivity contribution in [1.29, 1.82) is 0 Å². The molecule has 3 heteroatoms. The zero-order chi connectivity index (χ0) is 10.1. The van der Waals surface area contributed by atoms with Crippen molar-refractivity contribution in [2.75, 3.05) is 0 Å². The third-order valence-electron chi connectivity index (χ3n) is 2.71. The first-order valence-corrected chi connectivity index (χ1v) is 5.30. The van der Waals surface area contributed by atoms with Gasteiger partial charge in [-0.25, -0.2) is 9.97 Å². The van der Waals surface area contributed by atoms with E-state index in [0.717, 1.165) is 23.6 Å². The van der Waals surface area contributed by atoms with E-state index in [1.165, 1.54) is 12.8 Å². The molecule has 1 aromatic rings. The highest BCUT2D eigenvalue weighted by molar-refractivity contribution is 5.13. The quantitative estimate of drug-likeness (QED) is 0.792. The van der Waals surface area contributed by atoms with Gasteiger partial charge in [0.05, 0.1) is 6.04 Å². The van der Waals surface area contributed by atoms with Crippen molar-refractivity contribution in [2.45, 2.75) is 39.2 Å². The minimum atomic E-state index is 0.0557. The fourth-order valence-electron chi connectivity index (χ4n) is 1.65. The first kappa shape index (κ1) is 9.59. The molecule has 0 radical (unpaired) electrons. The molecule has 1 saturated carbocycles. The maximum Gasteiger partial charge on any atom is 0.145 e. The molecule has 0 bridgehead atoms. The van der Waals surface area contributed by atoms with Crippen molar-refractivity contribution in [1.82, 2.24) is 9.97 Å². The Morgan fingerprint density at radius 1 is 1.50 bits per heavy atom. The van der Waals surface area contributed by atoms with Crippen molar-refractivity contribution in [3.05, 3.63) is 23.3 Å². The molecule has 1 fully saturated rings. The molecule has 1 aliphatic rings. The molecule has 1 aromatic heterocycles. The minimum absolute atomic E-state index is 0.0557. The van der Waals surface area contributed by atoms with Crippen LogP contribution in [0.5, 0.6) is 0 Å². The van der Waals surface area contributed by atoms with Crippen LogP contribution >= 0.6 is 0 Å². The highest BCUT2D eigenvalue weighted by atomic mass is 14.9. The zero-order valence-corrected chi connectivity index (χ0v) is 8.83. The van der Waals surface area contributed by atoms with Gasteiger partial charge in [-0.05, 0) is 38.2 Å². The summed E-state index contributed by atoms with van der Waals surface area (Å²) in [7, 11) is 0. The molecular weight excluding hydrogens is 174 g/mol.